The molecule has 3 heteroatoms. The number of para-hydroxylation sites is 1. The first-order valence-electron chi connectivity index (χ1n) is 5.71. The van der Waals surface area contributed by atoms with Gasteiger partial charge < -0.3 is 5.32 Å². The molecule has 2 aromatic rings. The first kappa shape index (κ1) is 13.1. The topological polar surface area (TPSA) is 29.1 Å². The molecule has 0 bridgehead atoms. The van der Waals surface area contributed by atoms with Gasteiger partial charge in [0.15, 0.2) is 0 Å². The van der Waals surface area contributed by atoms with E-state index >= 15 is 0 Å². The predicted molar refractivity (Wildman–Crippen MR) is 83.0 cm³/mol. The molecule has 0 aliphatic rings. The van der Waals surface area contributed by atoms with Crippen LogP contribution in [0, 0.1) is 17.4 Å². The van der Waals surface area contributed by atoms with Gasteiger partial charge >= 0.3 is 0 Å². The molecule has 2 nitrogen and oxygen atoms in total. The van der Waals surface area contributed by atoms with Crippen LogP contribution in [0.2, 0.25) is 0 Å². The van der Waals surface area contributed by atoms with Crippen molar-refractivity contribution in [2.75, 3.05) is 5.32 Å². The Kier molecular flexibility index (Phi) is 4.01. The lowest BCUT2D eigenvalue weighted by Crippen LogP contribution is -2.15. The van der Waals surface area contributed by atoms with Crippen LogP contribution in [0.3, 0.4) is 0 Å². The van der Waals surface area contributed by atoms with Gasteiger partial charge in [0.25, 0.3) is 5.91 Å². The zero-order valence-corrected chi connectivity index (χ0v) is 12.5. The van der Waals surface area contributed by atoms with Gasteiger partial charge in [0.05, 0.1) is 5.56 Å². The van der Waals surface area contributed by atoms with Crippen molar-refractivity contribution in [2.45, 2.75) is 13.8 Å². The molecule has 0 unspecified atom stereocenters. The summed E-state index contributed by atoms with van der Waals surface area (Å²) in [6.45, 7) is 4.00. The Bertz CT molecular complexity index is 555. The Balaban J connectivity index is 2.30. The second-order valence-corrected chi connectivity index (χ2v) is 5.42. The number of hydrogen-bond acceptors (Lipinski definition) is 1. The van der Waals surface area contributed by atoms with E-state index in [1.54, 1.807) is 0 Å². The number of rotatable bonds is 2. The van der Waals surface area contributed by atoms with Crippen LogP contribution in [0.15, 0.2) is 42.5 Å². The molecular formula is C15H14INO. The summed E-state index contributed by atoms with van der Waals surface area (Å²) in [5, 5.41) is 2.92. The summed E-state index contributed by atoms with van der Waals surface area (Å²) in [7, 11) is 0. The number of carbonyl (C=O) groups is 1. The van der Waals surface area contributed by atoms with Crippen molar-refractivity contribution in [3.8, 4) is 0 Å². The smallest absolute Gasteiger partial charge is 0.257 e. The van der Waals surface area contributed by atoms with E-state index in [0.717, 1.165) is 20.4 Å². The minimum atomic E-state index is -0.0527. The van der Waals surface area contributed by atoms with E-state index in [2.05, 4.69) is 27.9 Å². The van der Waals surface area contributed by atoms with Gasteiger partial charge in [-0.05, 0) is 65.8 Å². The zero-order valence-electron chi connectivity index (χ0n) is 10.3. The highest BCUT2D eigenvalue weighted by molar-refractivity contribution is 14.1. The highest BCUT2D eigenvalue weighted by atomic mass is 127. The Morgan fingerprint density at radius 3 is 2.39 bits per heavy atom. The lowest BCUT2D eigenvalue weighted by atomic mass is 10.1. The molecule has 0 aliphatic heterocycles. The van der Waals surface area contributed by atoms with Gasteiger partial charge in [-0.1, -0.05) is 24.3 Å². The summed E-state index contributed by atoms with van der Waals surface area (Å²) in [6.07, 6.45) is 0. The van der Waals surface area contributed by atoms with Crippen LogP contribution in [-0.4, -0.2) is 5.91 Å². The summed E-state index contributed by atoms with van der Waals surface area (Å²) in [5.74, 6) is -0.0527. The summed E-state index contributed by atoms with van der Waals surface area (Å²) < 4.78 is 0.985. The van der Waals surface area contributed by atoms with E-state index in [4.69, 9.17) is 0 Å². The molecule has 1 N–H and O–H groups in total. The quantitative estimate of drug-likeness (QED) is 0.809. The molecule has 18 heavy (non-hydrogen) atoms. The Morgan fingerprint density at radius 1 is 1.11 bits per heavy atom. The van der Waals surface area contributed by atoms with Crippen molar-refractivity contribution >= 4 is 34.2 Å². The molecule has 0 radical (unpaired) electrons. The standard InChI is InChI=1S/C15H14INO/c1-10-8-11(2)14(13(16)9-10)15(18)17-12-6-4-3-5-7-12/h3-9H,1-2H3,(H,17,18). The number of halogens is 1. The number of amides is 1. The van der Waals surface area contributed by atoms with Gasteiger partial charge in [0.2, 0.25) is 0 Å². The van der Waals surface area contributed by atoms with E-state index in [0.29, 0.717) is 0 Å². The third-order valence-electron chi connectivity index (χ3n) is 2.69. The molecule has 92 valence electrons. The number of nitrogens with one attached hydrogen (secondary N) is 1. The molecule has 0 heterocycles. The van der Waals surface area contributed by atoms with Crippen LogP contribution < -0.4 is 5.32 Å². The predicted octanol–water partition coefficient (Wildman–Crippen LogP) is 4.16. The van der Waals surface area contributed by atoms with Gasteiger partial charge in [-0.3, -0.25) is 4.79 Å². The third kappa shape index (κ3) is 2.90. The van der Waals surface area contributed by atoms with E-state index in [9.17, 15) is 4.79 Å². The minimum absolute atomic E-state index is 0.0527. The van der Waals surface area contributed by atoms with E-state index in [1.165, 1.54) is 5.56 Å². The van der Waals surface area contributed by atoms with Gasteiger partial charge in [0.1, 0.15) is 0 Å². The molecular weight excluding hydrogens is 337 g/mol. The molecule has 2 rings (SSSR count). The highest BCUT2D eigenvalue weighted by Gasteiger charge is 2.13. The van der Waals surface area contributed by atoms with Crippen LogP contribution in [0.1, 0.15) is 21.5 Å². The summed E-state index contributed by atoms with van der Waals surface area (Å²) in [4.78, 5) is 12.3. The summed E-state index contributed by atoms with van der Waals surface area (Å²) in [6, 6.07) is 13.6. The molecule has 0 saturated carbocycles. The van der Waals surface area contributed by atoms with Gasteiger partial charge in [-0.2, -0.15) is 0 Å². The van der Waals surface area contributed by atoms with Crippen molar-refractivity contribution in [3.63, 3.8) is 0 Å². The Morgan fingerprint density at radius 2 is 1.78 bits per heavy atom. The Hall–Kier alpha value is -1.36. The molecule has 0 aromatic heterocycles. The van der Waals surface area contributed by atoms with Crippen LogP contribution in [0.5, 0.6) is 0 Å². The fraction of sp³-hybridized carbons (Fsp3) is 0.133. The fourth-order valence-corrected chi connectivity index (χ4v) is 3.08. The molecule has 2 aromatic carbocycles. The second-order valence-electron chi connectivity index (χ2n) is 4.26. The van der Waals surface area contributed by atoms with Crippen molar-refractivity contribution in [1.29, 1.82) is 0 Å². The first-order chi connectivity index (χ1) is 8.58. The fourth-order valence-electron chi connectivity index (χ4n) is 1.92. The van der Waals surface area contributed by atoms with Crippen molar-refractivity contribution < 1.29 is 4.79 Å². The number of hydrogen-bond donors (Lipinski definition) is 1. The zero-order chi connectivity index (χ0) is 13.1. The van der Waals surface area contributed by atoms with Crippen molar-refractivity contribution in [1.82, 2.24) is 0 Å². The monoisotopic (exact) mass is 351 g/mol. The maximum Gasteiger partial charge on any atom is 0.257 e. The average molecular weight is 351 g/mol. The second kappa shape index (κ2) is 5.52. The van der Waals surface area contributed by atoms with Crippen LogP contribution in [0.4, 0.5) is 5.69 Å². The number of carbonyl (C=O) groups excluding carboxylic acids is 1. The maximum absolute atomic E-state index is 12.3. The third-order valence-corrected chi connectivity index (χ3v) is 3.54. The lowest BCUT2D eigenvalue weighted by Gasteiger charge is -2.10. The normalized spacial score (nSPS) is 10.2. The lowest BCUT2D eigenvalue weighted by molar-refractivity contribution is 0.102. The van der Waals surface area contributed by atoms with Crippen LogP contribution >= 0.6 is 22.6 Å². The van der Waals surface area contributed by atoms with Crippen molar-refractivity contribution in [3.05, 3.63) is 62.7 Å². The molecule has 0 fully saturated rings. The first-order valence-corrected chi connectivity index (χ1v) is 6.79. The van der Waals surface area contributed by atoms with Gasteiger partial charge in [0, 0.05) is 9.26 Å². The average Bonchev–Trinajstić information content (AvgIpc) is 2.28. The van der Waals surface area contributed by atoms with Gasteiger partial charge in [-0.15, -0.1) is 0 Å². The number of anilines is 1. The maximum atomic E-state index is 12.3. The van der Waals surface area contributed by atoms with E-state index < -0.39 is 0 Å². The minimum Gasteiger partial charge on any atom is -0.322 e. The van der Waals surface area contributed by atoms with Crippen LogP contribution in [0.25, 0.3) is 0 Å². The highest BCUT2D eigenvalue weighted by Crippen LogP contribution is 2.20. The van der Waals surface area contributed by atoms with E-state index in [-0.39, 0.29) is 5.91 Å². The summed E-state index contributed by atoms with van der Waals surface area (Å²) in [5.41, 5.74) is 3.75. The summed E-state index contributed by atoms with van der Waals surface area (Å²) >= 11 is 2.21. The molecule has 1 amide bonds. The van der Waals surface area contributed by atoms with Crippen molar-refractivity contribution in [2.24, 2.45) is 0 Å². The SMILES string of the molecule is Cc1cc(C)c(C(=O)Nc2ccccc2)c(I)c1. The molecule has 0 saturated heterocycles. The molecule has 0 aliphatic carbocycles. The van der Waals surface area contributed by atoms with E-state index in [1.807, 2.05) is 56.3 Å². The number of aryl methyl sites for hydroxylation is 2. The number of benzene rings is 2. The largest absolute Gasteiger partial charge is 0.322 e. The molecule has 0 spiro atoms. The Labute approximate surface area is 121 Å². The van der Waals surface area contributed by atoms with Crippen LogP contribution in [-0.2, 0) is 0 Å². The molecule has 0 atom stereocenters. The van der Waals surface area contributed by atoms with Gasteiger partial charge in [-0.25, -0.2) is 0 Å².